The van der Waals surface area contributed by atoms with Crippen molar-refractivity contribution >= 4 is 23.9 Å². The third-order valence-corrected chi connectivity index (χ3v) is 5.01. The Morgan fingerprint density at radius 2 is 1.85 bits per heavy atom. The van der Waals surface area contributed by atoms with Crippen molar-refractivity contribution in [3.8, 4) is 17.2 Å². The highest BCUT2D eigenvalue weighted by atomic mass is 16.5. The topological polar surface area (TPSA) is 135 Å². The van der Waals surface area contributed by atoms with Crippen LogP contribution in [-0.4, -0.2) is 31.4 Å². The van der Waals surface area contributed by atoms with Crippen LogP contribution in [0, 0.1) is 11.3 Å². The molecular formula is C25H23N5O3. The van der Waals surface area contributed by atoms with Crippen molar-refractivity contribution in [3.63, 3.8) is 0 Å². The second-order valence-corrected chi connectivity index (χ2v) is 7.18. The summed E-state index contributed by atoms with van der Waals surface area (Å²) >= 11 is 0. The fourth-order valence-corrected chi connectivity index (χ4v) is 3.43. The Morgan fingerprint density at radius 3 is 2.52 bits per heavy atom. The Bertz CT molecular complexity index is 1220. The van der Waals surface area contributed by atoms with Gasteiger partial charge < -0.3 is 16.3 Å². The number of rotatable bonds is 6. The van der Waals surface area contributed by atoms with Crippen LogP contribution < -0.4 is 16.5 Å². The smallest absolute Gasteiger partial charge is 0.420 e. The number of hydrogen-bond acceptors (Lipinski definition) is 7. The Kier molecular flexibility index (Phi) is 7.52. The molecule has 0 aliphatic carbocycles. The monoisotopic (exact) mass is 441 g/mol. The zero-order chi connectivity index (χ0) is 23.8. The van der Waals surface area contributed by atoms with Crippen LogP contribution >= 0.6 is 0 Å². The van der Waals surface area contributed by atoms with Crippen LogP contribution in [0.25, 0.3) is 11.1 Å². The van der Waals surface area contributed by atoms with Gasteiger partial charge in [-0.3, -0.25) is 4.79 Å². The van der Waals surface area contributed by atoms with E-state index in [0.717, 1.165) is 27.2 Å². The number of methoxy groups -OCH3 is 1. The van der Waals surface area contributed by atoms with Crippen LogP contribution in [0.2, 0.25) is 0 Å². The van der Waals surface area contributed by atoms with Crippen LogP contribution in [0.1, 0.15) is 16.7 Å². The van der Waals surface area contributed by atoms with Crippen molar-refractivity contribution in [1.82, 2.24) is 0 Å². The quantitative estimate of drug-likeness (QED) is 0.343. The van der Waals surface area contributed by atoms with E-state index in [1.54, 1.807) is 42.5 Å². The van der Waals surface area contributed by atoms with Gasteiger partial charge in [0.1, 0.15) is 0 Å². The largest absolute Gasteiger partial charge is 0.452 e. The summed E-state index contributed by atoms with van der Waals surface area (Å²) in [4.78, 5) is 26.5. The molecule has 166 valence electrons. The lowest BCUT2D eigenvalue weighted by Gasteiger charge is -2.23. The Labute approximate surface area is 191 Å². The summed E-state index contributed by atoms with van der Waals surface area (Å²) in [7, 11) is 1.20. The molecule has 0 heterocycles. The zero-order valence-corrected chi connectivity index (χ0v) is 18.0. The van der Waals surface area contributed by atoms with Gasteiger partial charge in [-0.05, 0) is 46.9 Å². The van der Waals surface area contributed by atoms with Gasteiger partial charge in [-0.1, -0.05) is 54.6 Å². The summed E-state index contributed by atoms with van der Waals surface area (Å²) in [5.41, 5.74) is 10.1. The molecule has 0 spiro atoms. The number of nitrogens with zero attached hydrogens (tertiary/aromatic N) is 3. The van der Waals surface area contributed by atoms with Crippen LogP contribution in [0.15, 0.2) is 77.9 Å². The number of hydrazone groups is 1. The minimum absolute atomic E-state index is 0.201. The molecule has 3 aromatic rings. The molecule has 3 rings (SSSR count). The number of hydrogen-bond donors (Lipinski definition) is 2. The zero-order valence-electron chi connectivity index (χ0n) is 18.0. The molecule has 0 aromatic heterocycles. The predicted molar refractivity (Wildman–Crippen MR) is 126 cm³/mol. The van der Waals surface area contributed by atoms with Crippen molar-refractivity contribution in [3.05, 3.63) is 89.5 Å². The van der Waals surface area contributed by atoms with Crippen molar-refractivity contribution in [2.45, 2.75) is 12.5 Å². The Hall–Kier alpha value is -4.48. The van der Waals surface area contributed by atoms with E-state index in [1.165, 1.54) is 13.3 Å². The third kappa shape index (κ3) is 5.42. The summed E-state index contributed by atoms with van der Waals surface area (Å²) in [6.07, 6.45) is 0.847. The molecule has 4 N–H and O–H groups in total. The highest BCUT2D eigenvalue weighted by molar-refractivity contribution is 6.14. The first-order chi connectivity index (χ1) is 16.0. The first-order valence-corrected chi connectivity index (χ1v) is 10.1. The van der Waals surface area contributed by atoms with E-state index in [0.29, 0.717) is 11.3 Å². The number of imide groups is 1. The normalized spacial score (nSPS) is 11.5. The highest BCUT2D eigenvalue weighted by Crippen LogP contribution is 2.26. The number of anilines is 1. The molecule has 0 saturated heterocycles. The summed E-state index contributed by atoms with van der Waals surface area (Å²) in [6, 6.07) is 22.3. The maximum atomic E-state index is 13.1. The molecule has 2 amide bonds. The van der Waals surface area contributed by atoms with Gasteiger partial charge in [0.15, 0.2) is 0 Å². The molecule has 0 unspecified atom stereocenters. The van der Waals surface area contributed by atoms with Crippen LogP contribution in [-0.2, 0) is 16.0 Å². The van der Waals surface area contributed by atoms with E-state index < -0.39 is 18.0 Å². The maximum absolute atomic E-state index is 13.1. The van der Waals surface area contributed by atoms with Crippen molar-refractivity contribution in [2.24, 2.45) is 16.7 Å². The van der Waals surface area contributed by atoms with Gasteiger partial charge >= 0.3 is 6.09 Å². The molecule has 1 atom stereocenters. The van der Waals surface area contributed by atoms with E-state index in [9.17, 15) is 14.9 Å². The van der Waals surface area contributed by atoms with Gasteiger partial charge in [0.2, 0.25) is 0 Å². The number of amides is 2. The third-order valence-electron chi connectivity index (χ3n) is 5.01. The number of carbonyl (C=O) groups excluding carboxylic acids is 2. The number of ether oxygens (including phenoxy) is 1. The standard InChI is InChI=1S/C25H23N5O3/c1-33-25(32)30(24(31)23(27)14-17-5-4-6-18(13-17)16-29-28)21-11-9-19(10-12-21)22-8-3-2-7-20(22)15-26/h2-13,16,23H,14,27-28H2,1H3/t23-/m0/s1. The van der Waals surface area contributed by atoms with Crippen LogP contribution in [0.5, 0.6) is 0 Å². The molecule has 8 heteroatoms. The Morgan fingerprint density at radius 1 is 1.12 bits per heavy atom. The lowest BCUT2D eigenvalue weighted by molar-refractivity contribution is -0.119. The van der Waals surface area contributed by atoms with E-state index in [-0.39, 0.29) is 6.42 Å². The molecule has 0 fully saturated rings. The van der Waals surface area contributed by atoms with E-state index in [4.69, 9.17) is 16.3 Å². The van der Waals surface area contributed by atoms with Gasteiger partial charge in [-0.15, -0.1) is 0 Å². The van der Waals surface area contributed by atoms with Gasteiger partial charge in [0.25, 0.3) is 5.91 Å². The first-order valence-electron chi connectivity index (χ1n) is 10.1. The van der Waals surface area contributed by atoms with E-state index in [1.807, 2.05) is 30.3 Å². The average molecular weight is 441 g/mol. The van der Waals surface area contributed by atoms with Crippen molar-refractivity contribution < 1.29 is 14.3 Å². The van der Waals surface area contributed by atoms with Crippen molar-refractivity contribution in [2.75, 3.05) is 12.0 Å². The molecule has 0 aliphatic rings. The number of benzene rings is 3. The first kappa shape index (κ1) is 23.2. The molecular weight excluding hydrogens is 418 g/mol. The number of nitriles is 1. The Balaban J connectivity index is 1.86. The van der Waals surface area contributed by atoms with Gasteiger partial charge in [-0.2, -0.15) is 10.4 Å². The lowest BCUT2D eigenvalue weighted by Crippen LogP contribution is -2.48. The van der Waals surface area contributed by atoms with Crippen molar-refractivity contribution in [1.29, 1.82) is 5.26 Å². The highest BCUT2D eigenvalue weighted by Gasteiger charge is 2.29. The van der Waals surface area contributed by atoms with Gasteiger partial charge in [0.05, 0.1) is 36.7 Å². The van der Waals surface area contributed by atoms with Crippen LogP contribution in [0.4, 0.5) is 10.5 Å². The SMILES string of the molecule is COC(=O)N(C(=O)[C@@H](N)Cc1cccc(C=NN)c1)c1ccc(-c2ccccc2C#N)cc1. The average Bonchev–Trinajstić information content (AvgIpc) is 2.84. The lowest BCUT2D eigenvalue weighted by atomic mass is 10.00. The second kappa shape index (κ2) is 10.7. The molecule has 0 radical (unpaired) electrons. The van der Waals surface area contributed by atoms with E-state index >= 15 is 0 Å². The number of nitrogens with two attached hydrogens (primary N) is 2. The minimum Gasteiger partial charge on any atom is -0.452 e. The van der Waals surface area contributed by atoms with E-state index in [2.05, 4.69) is 11.2 Å². The fourth-order valence-electron chi connectivity index (χ4n) is 3.43. The molecule has 0 aliphatic heterocycles. The molecule has 0 bridgehead atoms. The molecule has 3 aromatic carbocycles. The summed E-state index contributed by atoms with van der Waals surface area (Å²) < 4.78 is 4.83. The van der Waals surface area contributed by atoms with Gasteiger partial charge in [0, 0.05) is 0 Å². The molecule has 0 saturated carbocycles. The summed E-state index contributed by atoms with van der Waals surface area (Å²) in [6.45, 7) is 0. The predicted octanol–water partition coefficient (Wildman–Crippen LogP) is 3.19. The second-order valence-electron chi connectivity index (χ2n) is 7.18. The maximum Gasteiger partial charge on any atom is 0.420 e. The molecule has 8 nitrogen and oxygen atoms in total. The molecule has 33 heavy (non-hydrogen) atoms. The fraction of sp³-hybridized carbons (Fsp3) is 0.120. The minimum atomic E-state index is -0.992. The number of carbonyl (C=O) groups is 2. The van der Waals surface area contributed by atoms with Crippen LogP contribution in [0.3, 0.4) is 0 Å². The van der Waals surface area contributed by atoms with Gasteiger partial charge in [-0.25, -0.2) is 9.69 Å². The summed E-state index contributed by atoms with van der Waals surface area (Å²) in [5.74, 6) is 4.59. The summed E-state index contributed by atoms with van der Waals surface area (Å²) in [5, 5.41) is 12.8.